The van der Waals surface area contributed by atoms with Crippen molar-refractivity contribution >= 4 is 11.8 Å². The summed E-state index contributed by atoms with van der Waals surface area (Å²) in [5, 5.41) is 16.0. The molecule has 0 aromatic carbocycles. The van der Waals surface area contributed by atoms with Gasteiger partial charge in [0.05, 0.1) is 6.20 Å². The lowest BCUT2D eigenvalue weighted by atomic mass is 9.84. The average molecular weight is 378 g/mol. The van der Waals surface area contributed by atoms with Crippen LogP contribution in [0.3, 0.4) is 0 Å². The maximum Gasteiger partial charge on any atom is 0.224 e. The van der Waals surface area contributed by atoms with E-state index in [1.807, 2.05) is 13.0 Å². The predicted molar refractivity (Wildman–Crippen MR) is 108 cm³/mol. The SMILES string of the molecule is C=C(N)[C@H]1CC[C@@H](Nc2nc(NCCc3cc(C)ncn3)ncc2C#N)CC1. The summed E-state index contributed by atoms with van der Waals surface area (Å²) in [5.74, 6) is 1.46. The number of anilines is 2. The maximum atomic E-state index is 9.37. The molecule has 1 fully saturated rings. The smallest absolute Gasteiger partial charge is 0.224 e. The summed E-state index contributed by atoms with van der Waals surface area (Å²) in [6.45, 7) is 6.45. The number of nitriles is 1. The maximum absolute atomic E-state index is 9.37. The second-order valence-corrected chi connectivity index (χ2v) is 7.16. The number of hydrogen-bond donors (Lipinski definition) is 3. The molecular weight excluding hydrogens is 352 g/mol. The number of allylic oxidation sites excluding steroid dienone is 1. The Morgan fingerprint density at radius 3 is 2.75 bits per heavy atom. The van der Waals surface area contributed by atoms with Gasteiger partial charge in [-0.05, 0) is 44.6 Å². The fourth-order valence-corrected chi connectivity index (χ4v) is 3.41. The van der Waals surface area contributed by atoms with Gasteiger partial charge in [0.15, 0.2) is 0 Å². The molecular formula is C20H26N8. The van der Waals surface area contributed by atoms with Crippen molar-refractivity contribution in [3.05, 3.63) is 47.8 Å². The molecule has 0 saturated heterocycles. The molecule has 28 heavy (non-hydrogen) atoms. The van der Waals surface area contributed by atoms with Crippen molar-refractivity contribution in [3.8, 4) is 6.07 Å². The fourth-order valence-electron chi connectivity index (χ4n) is 3.41. The molecule has 2 aromatic rings. The summed E-state index contributed by atoms with van der Waals surface area (Å²) in [6, 6.07) is 4.39. The fraction of sp³-hybridized carbons (Fsp3) is 0.450. The van der Waals surface area contributed by atoms with Crippen molar-refractivity contribution in [1.82, 2.24) is 19.9 Å². The van der Waals surface area contributed by atoms with Gasteiger partial charge in [0.25, 0.3) is 0 Å². The highest BCUT2D eigenvalue weighted by molar-refractivity contribution is 5.54. The Hall–Kier alpha value is -3.21. The van der Waals surface area contributed by atoms with Gasteiger partial charge < -0.3 is 16.4 Å². The molecule has 8 heteroatoms. The van der Waals surface area contributed by atoms with Gasteiger partial charge in [-0.15, -0.1) is 0 Å². The van der Waals surface area contributed by atoms with E-state index in [0.717, 1.165) is 49.2 Å². The first-order valence-electron chi connectivity index (χ1n) is 9.54. The third kappa shape index (κ3) is 5.16. The zero-order chi connectivity index (χ0) is 19.9. The molecule has 2 heterocycles. The van der Waals surface area contributed by atoms with Crippen LogP contribution in [0.15, 0.2) is 30.9 Å². The minimum atomic E-state index is 0.273. The predicted octanol–water partition coefficient (Wildman–Crippen LogP) is 2.54. The van der Waals surface area contributed by atoms with E-state index in [-0.39, 0.29) is 6.04 Å². The van der Waals surface area contributed by atoms with Crippen LogP contribution >= 0.6 is 0 Å². The van der Waals surface area contributed by atoms with Crippen molar-refractivity contribution in [2.45, 2.75) is 45.1 Å². The van der Waals surface area contributed by atoms with Crippen LogP contribution in [0.25, 0.3) is 0 Å². The first-order chi connectivity index (χ1) is 13.5. The standard InChI is InChI=1S/C20H26N8/c1-13-9-18(26-12-25-13)7-8-23-20-24-11-16(10-21)19(28-20)27-17-5-3-15(4-6-17)14(2)22/h9,11-12,15,17H,2-8,22H2,1H3,(H2,23,24,27,28)/t15-,17+. The Balaban J connectivity index is 1.59. The molecule has 0 amide bonds. The Labute approximate surface area is 165 Å². The molecule has 146 valence electrons. The Bertz CT molecular complexity index is 865. The first kappa shape index (κ1) is 19.5. The van der Waals surface area contributed by atoms with E-state index in [4.69, 9.17) is 5.73 Å². The van der Waals surface area contributed by atoms with Crippen molar-refractivity contribution in [2.24, 2.45) is 11.7 Å². The highest BCUT2D eigenvalue weighted by Crippen LogP contribution is 2.29. The van der Waals surface area contributed by atoms with Crippen molar-refractivity contribution in [3.63, 3.8) is 0 Å². The lowest BCUT2D eigenvalue weighted by Crippen LogP contribution is -2.28. The van der Waals surface area contributed by atoms with Crippen LogP contribution in [-0.4, -0.2) is 32.5 Å². The minimum Gasteiger partial charge on any atom is -0.402 e. The zero-order valence-corrected chi connectivity index (χ0v) is 16.1. The Kier molecular flexibility index (Phi) is 6.37. The summed E-state index contributed by atoms with van der Waals surface area (Å²) < 4.78 is 0. The Morgan fingerprint density at radius 2 is 2.07 bits per heavy atom. The van der Waals surface area contributed by atoms with Gasteiger partial charge in [-0.2, -0.15) is 10.2 Å². The van der Waals surface area contributed by atoms with Crippen LogP contribution in [-0.2, 0) is 6.42 Å². The summed E-state index contributed by atoms with van der Waals surface area (Å²) in [7, 11) is 0. The van der Waals surface area contributed by atoms with Crippen LogP contribution in [0.1, 0.15) is 42.6 Å². The molecule has 1 aliphatic carbocycles. The molecule has 0 spiro atoms. The first-order valence-corrected chi connectivity index (χ1v) is 9.54. The van der Waals surface area contributed by atoms with E-state index >= 15 is 0 Å². The van der Waals surface area contributed by atoms with E-state index in [0.29, 0.717) is 29.8 Å². The zero-order valence-electron chi connectivity index (χ0n) is 16.1. The minimum absolute atomic E-state index is 0.273. The molecule has 0 bridgehead atoms. The van der Waals surface area contributed by atoms with Gasteiger partial charge in [-0.1, -0.05) is 6.58 Å². The van der Waals surface area contributed by atoms with E-state index in [2.05, 4.69) is 43.2 Å². The van der Waals surface area contributed by atoms with E-state index in [9.17, 15) is 5.26 Å². The van der Waals surface area contributed by atoms with E-state index < -0.39 is 0 Å². The molecule has 2 aromatic heterocycles. The van der Waals surface area contributed by atoms with Crippen molar-refractivity contribution in [1.29, 1.82) is 5.26 Å². The van der Waals surface area contributed by atoms with Gasteiger partial charge in [0, 0.05) is 36.1 Å². The third-order valence-electron chi connectivity index (χ3n) is 5.03. The van der Waals surface area contributed by atoms with Gasteiger partial charge >= 0.3 is 0 Å². The molecule has 0 aliphatic heterocycles. The average Bonchev–Trinajstić information content (AvgIpc) is 2.69. The highest BCUT2D eigenvalue weighted by Gasteiger charge is 2.23. The third-order valence-corrected chi connectivity index (χ3v) is 5.03. The summed E-state index contributed by atoms with van der Waals surface area (Å²) >= 11 is 0. The number of aryl methyl sites for hydroxylation is 1. The van der Waals surface area contributed by atoms with Crippen LogP contribution in [0, 0.1) is 24.2 Å². The highest BCUT2D eigenvalue weighted by atomic mass is 15.1. The van der Waals surface area contributed by atoms with E-state index in [1.54, 1.807) is 12.5 Å². The second kappa shape index (κ2) is 9.13. The van der Waals surface area contributed by atoms with Gasteiger partial charge in [0.1, 0.15) is 23.8 Å². The number of nitrogens with zero attached hydrogens (tertiary/aromatic N) is 5. The van der Waals surface area contributed by atoms with Crippen molar-refractivity contribution in [2.75, 3.05) is 17.2 Å². The number of rotatable bonds is 7. The van der Waals surface area contributed by atoms with Crippen LogP contribution in [0.5, 0.6) is 0 Å². The second-order valence-electron chi connectivity index (χ2n) is 7.16. The topological polar surface area (TPSA) is 125 Å². The van der Waals surface area contributed by atoms with Crippen LogP contribution in [0.2, 0.25) is 0 Å². The largest absolute Gasteiger partial charge is 0.402 e. The van der Waals surface area contributed by atoms with Gasteiger partial charge in [-0.3, -0.25) is 0 Å². The molecule has 1 aliphatic rings. The lowest BCUT2D eigenvalue weighted by molar-refractivity contribution is 0.375. The summed E-state index contributed by atoms with van der Waals surface area (Å²) in [4.78, 5) is 17.1. The monoisotopic (exact) mass is 378 g/mol. The number of nitrogens with one attached hydrogen (secondary N) is 2. The molecule has 3 rings (SSSR count). The van der Waals surface area contributed by atoms with Gasteiger partial charge in [0.2, 0.25) is 5.95 Å². The number of hydrogen-bond acceptors (Lipinski definition) is 8. The van der Waals surface area contributed by atoms with Crippen LogP contribution < -0.4 is 16.4 Å². The molecule has 0 atom stereocenters. The van der Waals surface area contributed by atoms with Crippen LogP contribution in [0.4, 0.5) is 11.8 Å². The van der Waals surface area contributed by atoms with E-state index in [1.165, 1.54) is 0 Å². The summed E-state index contributed by atoms with van der Waals surface area (Å²) in [6.07, 6.45) is 7.83. The number of aromatic nitrogens is 4. The molecule has 4 N–H and O–H groups in total. The van der Waals surface area contributed by atoms with Crippen molar-refractivity contribution < 1.29 is 0 Å². The lowest BCUT2D eigenvalue weighted by Gasteiger charge is -2.29. The molecule has 0 unspecified atom stereocenters. The number of nitrogens with two attached hydrogens (primary N) is 1. The Morgan fingerprint density at radius 1 is 1.29 bits per heavy atom. The molecule has 8 nitrogen and oxygen atoms in total. The van der Waals surface area contributed by atoms with Gasteiger partial charge in [-0.25, -0.2) is 15.0 Å². The molecule has 1 saturated carbocycles. The normalized spacial score (nSPS) is 18.9. The molecule has 0 radical (unpaired) electrons. The quantitative estimate of drug-likeness (QED) is 0.671. The summed E-state index contributed by atoms with van der Waals surface area (Å²) in [5.41, 5.74) is 8.95.